The molecule has 0 aliphatic heterocycles. The van der Waals surface area contributed by atoms with Crippen molar-refractivity contribution in [3.63, 3.8) is 0 Å². The third-order valence-electron chi connectivity index (χ3n) is 2.56. The lowest BCUT2D eigenvalue weighted by Crippen LogP contribution is -1.94. The number of methoxy groups -OCH3 is 1. The highest BCUT2D eigenvalue weighted by molar-refractivity contribution is 5.84. The Labute approximate surface area is 94.3 Å². The number of hydrogen-bond acceptors (Lipinski definition) is 3. The number of fused-ring (bicyclic) bond motifs is 1. The van der Waals surface area contributed by atoms with E-state index in [0.717, 1.165) is 22.0 Å². The highest BCUT2D eigenvalue weighted by atomic mass is 16.5. The highest BCUT2D eigenvalue weighted by Crippen LogP contribution is 2.25. The first kappa shape index (κ1) is 10.4. The number of aryl methyl sites for hydroxylation is 2. The van der Waals surface area contributed by atoms with Crippen LogP contribution in [-0.4, -0.2) is 12.1 Å². The van der Waals surface area contributed by atoms with Crippen LogP contribution in [0, 0.1) is 25.2 Å². The number of benzene rings is 1. The topological polar surface area (TPSA) is 45.9 Å². The first-order valence-corrected chi connectivity index (χ1v) is 5.02. The molecule has 0 aliphatic rings. The van der Waals surface area contributed by atoms with Gasteiger partial charge in [0.25, 0.3) is 0 Å². The SMILES string of the molecule is COc1nc2cc(C)cc(C)c2cc1C#N. The Hall–Kier alpha value is -2.08. The van der Waals surface area contributed by atoms with Gasteiger partial charge in [0, 0.05) is 5.39 Å². The second-order valence-electron chi connectivity index (χ2n) is 3.81. The largest absolute Gasteiger partial charge is 0.480 e. The van der Waals surface area contributed by atoms with Crippen LogP contribution in [0.15, 0.2) is 18.2 Å². The summed E-state index contributed by atoms with van der Waals surface area (Å²) in [6, 6.07) is 8.00. The van der Waals surface area contributed by atoms with Crippen LogP contribution in [0.4, 0.5) is 0 Å². The molecule has 0 saturated heterocycles. The average Bonchev–Trinajstić information content (AvgIpc) is 2.27. The van der Waals surface area contributed by atoms with Crippen LogP contribution >= 0.6 is 0 Å². The number of rotatable bonds is 1. The molecular weight excluding hydrogens is 200 g/mol. The van der Waals surface area contributed by atoms with E-state index < -0.39 is 0 Å². The first-order valence-electron chi connectivity index (χ1n) is 5.02. The molecule has 16 heavy (non-hydrogen) atoms. The Morgan fingerprint density at radius 1 is 1.25 bits per heavy atom. The molecule has 0 atom stereocenters. The molecule has 80 valence electrons. The Balaban J connectivity index is 2.84. The van der Waals surface area contributed by atoms with Crippen LogP contribution < -0.4 is 4.74 Å². The fraction of sp³-hybridized carbons (Fsp3) is 0.231. The van der Waals surface area contributed by atoms with Gasteiger partial charge in [-0.15, -0.1) is 0 Å². The van der Waals surface area contributed by atoms with Crippen LogP contribution in [0.3, 0.4) is 0 Å². The lowest BCUT2D eigenvalue weighted by Gasteiger charge is -2.07. The van der Waals surface area contributed by atoms with E-state index in [9.17, 15) is 0 Å². The lowest BCUT2D eigenvalue weighted by molar-refractivity contribution is 0.398. The quantitative estimate of drug-likeness (QED) is 0.730. The number of ether oxygens (including phenoxy) is 1. The van der Waals surface area contributed by atoms with E-state index in [0.29, 0.717) is 11.4 Å². The smallest absolute Gasteiger partial charge is 0.231 e. The predicted molar refractivity (Wildman–Crippen MR) is 62.5 cm³/mol. The van der Waals surface area contributed by atoms with Gasteiger partial charge in [-0.2, -0.15) is 5.26 Å². The number of aromatic nitrogens is 1. The maximum atomic E-state index is 8.98. The summed E-state index contributed by atoms with van der Waals surface area (Å²) in [6.45, 7) is 4.05. The summed E-state index contributed by atoms with van der Waals surface area (Å²) in [4.78, 5) is 4.34. The minimum absolute atomic E-state index is 0.389. The molecule has 2 aromatic rings. The molecule has 1 heterocycles. The molecule has 0 unspecified atom stereocenters. The molecule has 1 aromatic carbocycles. The van der Waals surface area contributed by atoms with Gasteiger partial charge in [-0.25, -0.2) is 4.98 Å². The molecular formula is C13H12N2O. The van der Waals surface area contributed by atoms with Crippen molar-refractivity contribution in [2.75, 3.05) is 7.11 Å². The third kappa shape index (κ3) is 1.59. The Bertz CT molecular complexity index is 597. The normalized spacial score (nSPS) is 10.1. The van der Waals surface area contributed by atoms with E-state index in [1.165, 1.54) is 7.11 Å². The summed E-state index contributed by atoms with van der Waals surface area (Å²) < 4.78 is 5.09. The minimum Gasteiger partial charge on any atom is -0.480 e. The van der Waals surface area contributed by atoms with Crippen molar-refractivity contribution in [2.45, 2.75) is 13.8 Å². The van der Waals surface area contributed by atoms with Crippen molar-refractivity contribution in [1.82, 2.24) is 4.98 Å². The van der Waals surface area contributed by atoms with Gasteiger partial charge < -0.3 is 4.74 Å². The zero-order chi connectivity index (χ0) is 11.7. The summed E-state index contributed by atoms with van der Waals surface area (Å²) in [5, 5.41) is 9.99. The van der Waals surface area contributed by atoms with Crippen molar-refractivity contribution < 1.29 is 4.74 Å². The van der Waals surface area contributed by atoms with E-state index in [1.807, 2.05) is 26.0 Å². The summed E-state index contributed by atoms with van der Waals surface area (Å²) in [6.07, 6.45) is 0. The van der Waals surface area contributed by atoms with Crippen molar-refractivity contribution in [1.29, 1.82) is 5.26 Å². The van der Waals surface area contributed by atoms with E-state index in [1.54, 1.807) is 0 Å². The van der Waals surface area contributed by atoms with Crippen molar-refractivity contribution >= 4 is 10.9 Å². The summed E-state index contributed by atoms with van der Waals surface area (Å²) in [5.74, 6) is 0.389. The third-order valence-corrected chi connectivity index (χ3v) is 2.56. The molecule has 3 nitrogen and oxygen atoms in total. The predicted octanol–water partition coefficient (Wildman–Crippen LogP) is 2.73. The van der Waals surface area contributed by atoms with Gasteiger partial charge in [-0.3, -0.25) is 0 Å². The zero-order valence-electron chi connectivity index (χ0n) is 9.53. The van der Waals surface area contributed by atoms with Gasteiger partial charge in [0.2, 0.25) is 5.88 Å². The fourth-order valence-electron chi connectivity index (χ4n) is 1.85. The zero-order valence-corrected chi connectivity index (χ0v) is 9.53. The number of nitriles is 1. The Kier molecular flexibility index (Phi) is 2.49. The molecule has 0 fully saturated rings. The maximum absolute atomic E-state index is 8.98. The minimum atomic E-state index is 0.389. The highest BCUT2D eigenvalue weighted by Gasteiger charge is 2.08. The molecule has 1 aromatic heterocycles. The molecule has 0 amide bonds. The van der Waals surface area contributed by atoms with Gasteiger partial charge in [0.05, 0.1) is 12.6 Å². The van der Waals surface area contributed by atoms with Crippen molar-refractivity contribution in [2.24, 2.45) is 0 Å². The van der Waals surface area contributed by atoms with Crippen LogP contribution in [0.5, 0.6) is 5.88 Å². The van der Waals surface area contributed by atoms with Crippen LogP contribution in [0.25, 0.3) is 10.9 Å². The van der Waals surface area contributed by atoms with Gasteiger partial charge in [-0.05, 0) is 37.1 Å². The second kappa shape index (κ2) is 3.82. The van der Waals surface area contributed by atoms with Gasteiger partial charge >= 0.3 is 0 Å². The fourth-order valence-corrected chi connectivity index (χ4v) is 1.85. The van der Waals surface area contributed by atoms with Crippen LogP contribution in [-0.2, 0) is 0 Å². The summed E-state index contributed by atoms with van der Waals surface area (Å²) in [5.41, 5.74) is 3.63. The molecule has 0 saturated carbocycles. The Morgan fingerprint density at radius 3 is 2.62 bits per heavy atom. The molecule has 0 bridgehead atoms. The molecule has 0 N–H and O–H groups in total. The average molecular weight is 212 g/mol. The van der Waals surface area contributed by atoms with E-state index in [2.05, 4.69) is 17.1 Å². The summed E-state index contributed by atoms with van der Waals surface area (Å²) >= 11 is 0. The lowest BCUT2D eigenvalue weighted by atomic mass is 10.0. The van der Waals surface area contributed by atoms with E-state index >= 15 is 0 Å². The Morgan fingerprint density at radius 2 is 2.00 bits per heavy atom. The molecule has 0 aliphatic carbocycles. The second-order valence-corrected chi connectivity index (χ2v) is 3.81. The molecule has 0 radical (unpaired) electrons. The first-order chi connectivity index (χ1) is 7.65. The number of pyridine rings is 1. The van der Waals surface area contributed by atoms with Crippen LogP contribution in [0.1, 0.15) is 16.7 Å². The number of nitrogens with zero attached hydrogens (tertiary/aromatic N) is 2. The van der Waals surface area contributed by atoms with Crippen molar-refractivity contribution in [3.8, 4) is 11.9 Å². The summed E-state index contributed by atoms with van der Waals surface area (Å²) in [7, 11) is 1.53. The van der Waals surface area contributed by atoms with E-state index in [4.69, 9.17) is 10.00 Å². The van der Waals surface area contributed by atoms with E-state index in [-0.39, 0.29) is 0 Å². The molecule has 2 rings (SSSR count). The number of hydrogen-bond donors (Lipinski definition) is 0. The van der Waals surface area contributed by atoms with Gasteiger partial charge in [0.1, 0.15) is 11.6 Å². The molecule has 3 heteroatoms. The van der Waals surface area contributed by atoms with Gasteiger partial charge in [-0.1, -0.05) is 6.07 Å². The van der Waals surface area contributed by atoms with Gasteiger partial charge in [0.15, 0.2) is 0 Å². The monoisotopic (exact) mass is 212 g/mol. The van der Waals surface area contributed by atoms with Crippen molar-refractivity contribution in [3.05, 3.63) is 34.9 Å². The standard InChI is InChI=1S/C13H12N2O/c1-8-4-9(2)11-6-10(7-14)13(16-3)15-12(11)5-8/h4-6H,1-3H3. The molecule has 0 spiro atoms. The van der Waals surface area contributed by atoms with Crippen LogP contribution in [0.2, 0.25) is 0 Å². The maximum Gasteiger partial charge on any atom is 0.231 e.